The van der Waals surface area contributed by atoms with Crippen LogP contribution < -0.4 is 0 Å². The highest BCUT2D eigenvalue weighted by Crippen LogP contribution is 2.33. The van der Waals surface area contributed by atoms with Crippen LogP contribution in [0.5, 0.6) is 0 Å². The van der Waals surface area contributed by atoms with E-state index in [4.69, 9.17) is 0 Å². The summed E-state index contributed by atoms with van der Waals surface area (Å²) in [6.07, 6.45) is 12.9. The van der Waals surface area contributed by atoms with Crippen molar-refractivity contribution in [1.29, 1.82) is 0 Å². The number of carbonyl (C=O) groups excluding carboxylic acids is 2. The lowest BCUT2D eigenvalue weighted by Crippen LogP contribution is -2.48. The van der Waals surface area contributed by atoms with Crippen LogP contribution in [0, 0.1) is 11.8 Å². The normalized spacial score (nSPS) is 27.7. The minimum absolute atomic E-state index is 0.246. The van der Waals surface area contributed by atoms with E-state index >= 15 is 0 Å². The van der Waals surface area contributed by atoms with Gasteiger partial charge in [0.1, 0.15) is 0 Å². The van der Waals surface area contributed by atoms with Gasteiger partial charge in [-0.2, -0.15) is 0 Å². The highest BCUT2D eigenvalue weighted by Gasteiger charge is 2.40. The number of nitrogens with zero attached hydrogens (tertiary/aromatic N) is 3. The molecule has 27 heavy (non-hydrogen) atoms. The second-order valence-corrected chi connectivity index (χ2v) is 9.27. The summed E-state index contributed by atoms with van der Waals surface area (Å²) in [5.41, 5.74) is 0. The predicted octanol–water partition coefficient (Wildman–Crippen LogP) is 2.89. The molecule has 5 nitrogen and oxygen atoms in total. The van der Waals surface area contributed by atoms with E-state index in [2.05, 4.69) is 14.7 Å². The number of likely N-dealkylation sites (tertiary alicyclic amines) is 2. The molecule has 1 unspecified atom stereocenters. The van der Waals surface area contributed by atoms with Gasteiger partial charge in [-0.1, -0.05) is 25.7 Å². The molecule has 2 aliphatic carbocycles. The molecule has 0 N–H and O–H groups in total. The number of piperidine rings is 1. The van der Waals surface area contributed by atoms with Crippen molar-refractivity contribution in [3.63, 3.8) is 0 Å². The van der Waals surface area contributed by atoms with Gasteiger partial charge in [0, 0.05) is 38.0 Å². The van der Waals surface area contributed by atoms with E-state index in [0.29, 0.717) is 11.8 Å². The van der Waals surface area contributed by atoms with Crippen molar-refractivity contribution in [1.82, 2.24) is 14.7 Å². The summed E-state index contributed by atoms with van der Waals surface area (Å²) in [5, 5.41) is 0. The second-order valence-electron chi connectivity index (χ2n) is 9.27. The fraction of sp³-hybridized carbons (Fsp3) is 0.909. The molecule has 2 amide bonds. The lowest BCUT2D eigenvalue weighted by atomic mass is 9.88. The molecule has 0 spiro atoms. The molecule has 152 valence electrons. The summed E-state index contributed by atoms with van der Waals surface area (Å²) in [6.45, 7) is 5.84. The molecular weight excluding hydrogens is 338 g/mol. The van der Waals surface area contributed by atoms with Gasteiger partial charge in [0.2, 0.25) is 11.8 Å². The molecule has 5 heteroatoms. The van der Waals surface area contributed by atoms with Crippen LogP contribution in [-0.2, 0) is 9.59 Å². The van der Waals surface area contributed by atoms with Crippen molar-refractivity contribution < 1.29 is 9.59 Å². The molecule has 1 atom stereocenters. The summed E-state index contributed by atoms with van der Waals surface area (Å²) in [5.74, 6) is 1.25. The van der Waals surface area contributed by atoms with E-state index in [1.807, 2.05) is 0 Å². The first-order chi connectivity index (χ1) is 13.2. The molecular formula is C22H37N3O2. The second kappa shape index (κ2) is 8.93. The monoisotopic (exact) mass is 375 g/mol. The van der Waals surface area contributed by atoms with Crippen molar-refractivity contribution in [3.8, 4) is 0 Å². The van der Waals surface area contributed by atoms with Gasteiger partial charge < -0.3 is 14.7 Å². The zero-order chi connectivity index (χ0) is 18.6. The molecule has 0 aromatic carbocycles. The van der Waals surface area contributed by atoms with E-state index in [1.54, 1.807) is 0 Å². The number of amides is 2. The minimum Gasteiger partial charge on any atom is -0.340 e. The highest BCUT2D eigenvalue weighted by atomic mass is 16.2. The molecule has 4 rings (SSSR count). The minimum atomic E-state index is 0.246. The van der Waals surface area contributed by atoms with Gasteiger partial charge in [-0.25, -0.2) is 0 Å². The van der Waals surface area contributed by atoms with E-state index in [0.717, 1.165) is 58.3 Å². The number of hydrogen-bond donors (Lipinski definition) is 0. The van der Waals surface area contributed by atoms with Gasteiger partial charge in [0.15, 0.2) is 0 Å². The summed E-state index contributed by atoms with van der Waals surface area (Å²) < 4.78 is 0. The highest BCUT2D eigenvalue weighted by molar-refractivity contribution is 5.82. The van der Waals surface area contributed by atoms with E-state index in [9.17, 15) is 9.59 Å². The summed E-state index contributed by atoms with van der Waals surface area (Å²) in [4.78, 5) is 32.6. The molecule has 2 saturated heterocycles. The van der Waals surface area contributed by atoms with E-state index in [1.165, 1.54) is 51.6 Å². The van der Waals surface area contributed by atoms with Crippen LogP contribution in [0.4, 0.5) is 0 Å². The Bertz CT molecular complexity index is 522. The largest absolute Gasteiger partial charge is 0.340 e. The maximum Gasteiger partial charge on any atom is 0.226 e. The van der Waals surface area contributed by atoms with Gasteiger partial charge in [0.05, 0.1) is 6.04 Å². The van der Waals surface area contributed by atoms with Crippen LogP contribution in [0.15, 0.2) is 0 Å². The lowest BCUT2D eigenvalue weighted by molar-refractivity contribution is -0.138. The Morgan fingerprint density at radius 2 is 1.48 bits per heavy atom. The Hall–Kier alpha value is -1.10. The Morgan fingerprint density at radius 1 is 0.778 bits per heavy atom. The molecule has 0 bridgehead atoms. The molecule has 2 saturated carbocycles. The Morgan fingerprint density at radius 3 is 2.19 bits per heavy atom. The van der Waals surface area contributed by atoms with Crippen LogP contribution in [0.2, 0.25) is 0 Å². The van der Waals surface area contributed by atoms with Gasteiger partial charge in [-0.05, 0) is 58.0 Å². The summed E-state index contributed by atoms with van der Waals surface area (Å²) in [6, 6.07) is 0.246. The van der Waals surface area contributed by atoms with Crippen LogP contribution >= 0.6 is 0 Å². The standard InChI is InChI=1S/C22H37N3O2/c26-21(18-7-3-1-4-8-18)24-14-11-20(17-24)25(22(27)19-9-10-19)16-15-23-12-5-2-6-13-23/h18-20H,1-17H2. The SMILES string of the molecule is O=C(C1CCCCC1)N1CCC(N(CCN2CCCCC2)C(=O)C2CC2)C1. The third-order valence-electron chi connectivity index (χ3n) is 7.19. The van der Waals surface area contributed by atoms with Crippen molar-refractivity contribution in [3.05, 3.63) is 0 Å². The zero-order valence-corrected chi connectivity index (χ0v) is 16.9. The molecule has 2 heterocycles. The Balaban J connectivity index is 1.33. The maximum absolute atomic E-state index is 12.9. The van der Waals surface area contributed by atoms with Crippen LogP contribution in [0.3, 0.4) is 0 Å². The molecule has 0 radical (unpaired) electrons. The fourth-order valence-electron chi connectivity index (χ4n) is 5.27. The van der Waals surface area contributed by atoms with E-state index < -0.39 is 0 Å². The predicted molar refractivity (Wildman–Crippen MR) is 106 cm³/mol. The zero-order valence-electron chi connectivity index (χ0n) is 16.9. The molecule has 4 aliphatic rings. The number of carbonyl (C=O) groups is 2. The van der Waals surface area contributed by atoms with Gasteiger partial charge in [0.25, 0.3) is 0 Å². The van der Waals surface area contributed by atoms with Crippen molar-refractivity contribution in [2.24, 2.45) is 11.8 Å². The van der Waals surface area contributed by atoms with Gasteiger partial charge in [-0.15, -0.1) is 0 Å². The van der Waals surface area contributed by atoms with Crippen LogP contribution in [0.1, 0.15) is 70.6 Å². The number of hydrogen-bond acceptors (Lipinski definition) is 3. The van der Waals surface area contributed by atoms with Gasteiger partial charge in [-0.3, -0.25) is 9.59 Å². The number of rotatable bonds is 6. The van der Waals surface area contributed by atoms with Crippen LogP contribution in [-0.4, -0.2) is 71.8 Å². The molecule has 4 fully saturated rings. The topological polar surface area (TPSA) is 43.9 Å². The van der Waals surface area contributed by atoms with Gasteiger partial charge >= 0.3 is 0 Å². The molecule has 0 aromatic rings. The first kappa shape index (κ1) is 19.2. The fourth-order valence-corrected chi connectivity index (χ4v) is 5.27. The van der Waals surface area contributed by atoms with Crippen molar-refractivity contribution >= 4 is 11.8 Å². The first-order valence-corrected chi connectivity index (χ1v) is 11.5. The smallest absolute Gasteiger partial charge is 0.226 e. The first-order valence-electron chi connectivity index (χ1n) is 11.5. The Kier molecular flexibility index (Phi) is 6.36. The lowest BCUT2D eigenvalue weighted by Gasteiger charge is -2.34. The summed E-state index contributed by atoms with van der Waals surface area (Å²) in [7, 11) is 0. The average Bonchev–Trinajstić information content (AvgIpc) is 3.47. The third kappa shape index (κ3) is 4.85. The average molecular weight is 376 g/mol. The summed E-state index contributed by atoms with van der Waals surface area (Å²) >= 11 is 0. The molecule has 0 aromatic heterocycles. The third-order valence-corrected chi connectivity index (χ3v) is 7.19. The van der Waals surface area contributed by atoms with Crippen molar-refractivity contribution in [2.75, 3.05) is 39.3 Å². The quantitative estimate of drug-likeness (QED) is 0.717. The maximum atomic E-state index is 12.9. The van der Waals surface area contributed by atoms with Crippen molar-refractivity contribution in [2.45, 2.75) is 76.7 Å². The Labute approximate surface area is 164 Å². The van der Waals surface area contributed by atoms with Crippen LogP contribution in [0.25, 0.3) is 0 Å². The van der Waals surface area contributed by atoms with E-state index in [-0.39, 0.29) is 17.9 Å². The molecule has 2 aliphatic heterocycles.